The topological polar surface area (TPSA) is 35.6 Å². The first-order chi connectivity index (χ1) is 7.70. The highest BCUT2D eigenvalue weighted by Gasteiger charge is 2.33. The fourth-order valence-electron chi connectivity index (χ4n) is 2.76. The van der Waals surface area contributed by atoms with Gasteiger partial charge in [-0.05, 0) is 18.8 Å². The fraction of sp³-hybridized carbons (Fsp3) is 0.917. The molecule has 2 aliphatic heterocycles. The van der Waals surface area contributed by atoms with Crippen LogP contribution in [0.25, 0.3) is 0 Å². The van der Waals surface area contributed by atoms with Gasteiger partial charge in [-0.3, -0.25) is 0 Å². The van der Waals surface area contributed by atoms with Gasteiger partial charge in [0, 0.05) is 38.8 Å². The third-order valence-electron chi connectivity index (χ3n) is 3.70. The molecule has 4 heteroatoms. The minimum Gasteiger partial charge on any atom is -0.322 e. The van der Waals surface area contributed by atoms with Crippen molar-refractivity contribution in [3.63, 3.8) is 0 Å². The third-order valence-corrected chi connectivity index (χ3v) is 3.70. The third kappa shape index (κ3) is 2.32. The van der Waals surface area contributed by atoms with Gasteiger partial charge in [0.25, 0.3) is 0 Å². The van der Waals surface area contributed by atoms with E-state index in [2.05, 4.69) is 24.1 Å². The van der Waals surface area contributed by atoms with Crippen LogP contribution in [0, 0.1) is 5.92 Å². The van der Waals surface area contributed by atoms with Crippen molar-refractivity contribution in [2.75, 3.05) is 32.7 Å². The minimum absolute atomic E-state index is 0.262. The highest BCUT2D eigenvalue weighted by molar-refractivity contribution is 5.75. The SMILES string of the molecule is CC(C)C1CCCN1C(=O)N1CCNCC1. The molecule has 0 spiro atoms. The zero-order valence-corrected chi connectivity index (χ0v) is 10.4. The number of carbonyl (C=O) groups is 1. The van der Waals surface area contributed by atoms with E-state index in [1.54, 1.807) is 0 Å². The van der Waals surface area contributed by atoms with Crippen molar-refractivity contribution in [1.29, 1.82) is 0 Å². The van der Waals surface area contributed by atoms with E-state index < -0.39 is 0 Å². The summed E-state index contributed by atoms with van der Waals surface area (Å²) in [5.41, 5.74) is 0. The number of hydrogen-bond acceptors (Lipinski definition) is 2. The van der Waals surface area contributed by atoms with Crippen LogP contribution in [-0.2, 0) is 0 Å². The van der Waals surface area contributed by atoms with Crippen molar-refractivity contribution < 1.29 is 4.79 Å². The molecule has 0 bridgehead atoms. The molecular weight excluding hydrogens is 202 g/mol. The summed E-state index contributed by atoms with van der Waals surface area (Å²) in [4.78, 5) is 16.4. The Morgan fingerprint density at radius 3 is 2.56 bits per heavy atom. The van der Waals surface area contributed by atoms with Gasteiger partial charge in [-0.2, -0.15) is 0 Å². The van der Waals surface area contributed by atoms with E-state index in [4.69, 9.17) is 0 Å². The molecule has 1 N–H and O–H groups in total. The average Bonchev–Trinajstić information content (AvgIpc) is 2.78. The molecule has 92 valence electrons. The highest BCUT2D eigenvalue weighted by atomic mass is 16.2. The van der Waals surface area contributed by atoms with Crippen LogP contribution in [0.1, 0.15) is 26.7 Å². The molecule has 4 nitrogen and oxygen atoms in total. The van der Waals surface area contributed by atoms with Crippen LogP contribution >= 0.6 is 0 Å². The van der Waals surface area contributed by atoms with E-state index in [-0.39, 0.29) is 6.03 Å². The second-order valence-electron chi connectivity index (χ2n) is 5.17. The van der Waals surface area contributed by atoms with Crippen LogP contribution in [0.3, 0.4) is 0 Å². The average molecular weight is 225 g/mol. The molecule has 0 aliphatic carbocycles. The van der Waals surface area contributed by atoms with E-state index >= 15 is 0 Å². The standard InChI is InChI=1S/C12H23N3O/c1-10(2)11-4-3-7-15(11)12(16)14-8-5-13-6-9-14/h10-11,13H,3-9H2,1-2H3. The normalized spacial score (nSPS) is 26.6. The largest absolute Gasteiger partial charge is 0.322 e. The molecule has 1 unspecified atom stereocenters. The van der Waals surface area contributed by atoms with Gasteiger partial charge in [0.1, 0.15) is 0 Å². The number of nitrogens with one attached hydrogen (secondary N) is 1. The first-order valence-corrected chi connectivity index (χ1v) is 6.46. The highest BCUT2D eigenvalue weighted by Crippen LogP contribution is 2.24. The summed E-state index contributed by atoms with van der Waals surface area (Å²) in [6.07, 6.45) is 2.34. The van der Waals surface area contributed by atoms with Gasteiger partial charge in [0.2, 0.25) is 0 Å². The van der Waals surface area contributed by atoms with Crippen molar-refractivity contribution in [3.05, 3.63) is 0 Å². The number of hydrogen-bond donors (Lipinski definition) is 1. The monoisotopic (exact) mass is 225 g/mol. The molecule has 2 saturated heterocycles. The number of piperazine rings is 1. The lowest BCUT2D eigenvalue weighted by Crippen LogP contribution is -2.53. The summed E-state index contributed by atoms with van der Waals surface area (Å²) in [5.74, 6) is 0.578. The Kier molecular flexibility index (Phi) is 3.69. The molecule has 2 aliphatic rings. The zero-order valence-electron chi connectivity index (χ0n) is 10.4. The number of amides is 2. The van der Waals surface area contributed by atoms with Gasteiger partial charge < -0.3 is 15.1 Å². The minimum atomic E-state index is 0.262. The summed E-state index contributed by atoms with van der Waals surface area (Å²) in [5, 5.41) is 3.28. The Labute approximate surface area is 98.0 Å². The lowest BCUT2D eigenvalue weighted by Gasteiger charge is -2.35. The Hall–Kier alpha value is -0.770. The molecule has 0 aromatic rings. The Morgan fingerprint density at radius 1 is 1.25 bits per heavy atom. The maximum absolute atomic E-state index is 12.3. The molecule has 0 saturated carbocycles. The van der Waals surface area contributed by atoms with E-state index in [0.29, 0.717) is 12.0 Å². The second-order valence-corrected chi connectivity index (χ2v) is 5.17. The number of urea groups is 1. The van der Waals surface area contributed by atoms with Gasteiger partial charge >= 0.3 is 6.03 Å². The van der Waals surface area contributed by atoms with Crippen LogP contribution in [-0.4, -0.2) is 54.6 Å². The van der Waals surface area contributed by atoms with Gasteiger partial charge in [0.15, 0.2) is 0 Å². The number of carbonyl (C=O) groups excluding carboxylic acids is 1. The zero-order chi connectivity index (χ0) is 11.5. The maximum Gasteiger partial charge on any atom is 0.320 e. The first kappa shape index (κ1) is 11.7. The van der Waals surface area contributed by atoms with Crippen molar-refractivity contribution in [2.24, 2.45) is 5.92 Å². The van der Waals surface area contributed by atoms with Crippen LogP contribution in [0.15, 0.2) is 0 Å². The molecule has 2 fully saturated rings. The Morgan fingerprint density at radius 2 is 1.94 bits per heavy atom. The first-order valence-electron chi connectivity index (χ1n) is 6.46. The van der Waals surface area contributed by atoms with Crippen molar-refractivity contribution in [2.45, 2.75) is 32.7 Å². The summed E-state index contributed by atoms with van der Waals surface area (Å²) >= 11 is 0. The second kappa shape index (κ2) is 5.04. The Balaban J connectivity index is 1.97. The van der Waals surface area contributed by atoms with Gasteiger partial charge in [-0.15, -0.1) is 0 Å². The molecule has 16 heavy (non-hydrogen) atoms. The van der Waals surface area contributed by atoms with Gasteiger partial charge in [-0.25, -0.2) is 4.79 Å². The number of nitrogens with zero attached hydrogens (tertiary/aromatic N) is 2. The molecule has 2 heterocycles. The van der Waals surface area contributed by atoms with Crippen LogP contribution in [0.5, 0.6) is 0 Å². The van der Waals surface area contributed by atoms with Crippen LogP contribution in [0.4, 0.5) is 4.79 Å². The lowest BCUT2D eigenvalue weighted by molar-refractivity contribution is 0.132. The van der Waals surface area contributed by atoms with Crippen molar-refractivity contribution in [3.8, 4) is 0 Å². The number of rotatable bonds is 1. The van der Waals surface area contributed by atoms with Crippen LogP contribution < -0.4 is 5.32 Å². The molecular formula is C12H23N3O. The van der Waals surface area contributed by atoms with E-state index in [0.717, 1.165) is 32.7 Å². The maximum atomic E-state index is 12.3. The predicted molar refractivity (Wildman–Crippen MR) is 64.4 cm³/mol. The molecule has 0 aromatic carbocycles. The van der Waals surface area contributed by atoms with E-state index in [9.17, 15) is 4.79 Å². The summed E-state index contributed by atoms with van der Waals surface area (Å²) < 4.78 is 0. The lowest BCUT2D eigenvalue weighted by atomic mass is 10.0. The Bertz CT molecular complexity index is 249. The smallest absolute Gasteiger partial charge is 0.320 e. The molecule has 0 radical (unpaired) electrons. The van der Waals surface area contributed by atoms with Crippen molar-refractivity contribution >= 4 is 6.03 Å². The predicted octanol–water partition coefficient (Wildman–Crippen LogP) is 1.13. The number of likely N-dealkylation sites (tertiary alicyclic amines) is 1. The summed E-state index contributed by atoms with van der Waals surface area (Å²) in [7, 11) is 0. The quantitative estimate of drug-likeness (QED) is 0.726. The van der Waals surface area contributed by atoms with Crippen LogP contribution in [0.2, 0.25) is 0 Å². The van der Waals surface area contributed by atoms with Gasteiger partial charge in [0.05, 0.1) is 0 Å². The molecule has 2 amide bonds. The summed E-state index contributed by atoms with van der Waals surface area (Å²) in [6.45, 7) is 8.98. The van der Waals surface area contributed by atoms with E-state index in [1.807, 2.05) is 4.90 Å². The van der Waals surface area contributed by atoms with E-state index in [1.165, 1.54) is 12.8 Å². The van der Waals surface area contributed by atoms with Gasteiger partial charge in [-0.1, -0.05) is 13.8 Å². The molecule has 0 aromatic heterocycles. The molecule has 1 atom stereocenters. The van der Waals surface area contributed by atoms with Crippen molar-refractivity contribution in [1.82, 2.24) is 15.1 Å². The fourth-order valence-corrected chi connectivity index (χ4v) is 2.76. The molecule has 2 rings (SSSR count). The summed E-state index contributed by atoms with van der Waals surface area (Å²) in [6, 6.07) is 0.722.